The molecule has 0 saturated heterocycles. The van der Waals surface area contributed by atoms with Crippen molar-refractivity contribution in [2.45, 2.75) is 52.0 Å². The second kappa shape index (κ2) is 5.83. The summed E-state index contributed by atoms with van der Waals surface area (Å²) >= 11 is 0. The van der Waals surface area contributed by atoms with Crippen LogP contribution in [0.3, 0.4) is 0 Å². The van der Waals surface area contributed by atoms with Gasteiger partial charge in [0, 0.05) is 5.69 Å². The summed E-state index contributed by atoms with van der Waals surface area (Å²) in [4.78, 5) is 0. The SMILES string of the molecule is Cc1cc(F)cc(NC2(C#N)CCC(C(C)C)CC2)c1. The third-order valence-corrected chi connectivity index (χ3v) is 4.47. The number of halogens is 1. The number of rotatable bonds is 3. The zero-order valence-corrected chi connectivity index (χ0v) is 12.5. The molecule has 1 fully saturated rings. The van der Waals surface area contributed by atoms with E-state index in [2.05, 4.69) is 25.2 Å². The number of hydrogen-bond donors (Lipinski definition) is 1. The molecule has 3 heteroatoms. The van der Waals surface area contributed by atoms with Crippen LogP contribution in [0.2, 0.25) is 0 Å². The predicted molar refractivity (Wildman–Crippen MR) is 79.9 cm³/mol. The number of benzene rings is 1. The van der Waals surface area contributed by atoms with Gasteiger partial charge in [-0.25, -0.2) is 4.39 Å². The molecule has 1 aromatic rings. The molecule has 20 heavy (non-hydrogen) atoms. The van der Waals surface area contributed by atoms with Crippen LogP contribution in [0, 0.1) is 35.9 Å². The van der Waals surface area contributed by atoms with Gasteiger partial charge in [0.2, 0.25) is 0 Å². The molecule has 0 atom stereocenters. The van der Waals surface area contributed by atoms with Crippen molar-refractivity contribution in [1.29, 1.82) is 5.26 Å². The van der Waals surface area contributed by atoms with Crippen molar-refractivity contribution < 1.29 is 4.39 Å². The lowest BCUT2D eigenvalue weighted by molar-refractivity contribution is 0.239. The Kier molecular flexibility index (Phi) is 4.32. The van der Waals surface area contributed by atoms with Crippen LogP contribution in [-0.4, -0.2) is 5.54 Å². The van der Waals surface area contributed by atoms with Crippen LogP contribution in [0.5, 0.6) is 0 Å². The van der Waals surface area contributed by atoms with E-state index in [1.807, 2.05) is 13.0 Å². The van der Waals surface area contributed by atoms with Gasteiger partial charge in [-0.1, -0.05) is 13.8 Å². The van der Waals surface area contributed by atoms with E-state index in [4.69, 9.17) is 0 Å². The largest absolute Gasteiger partial charge is 0.367 e. The molecule has 0 radical (unpaired) electrons. The van der Waals surface area contributed by atoms with Crippen LogP contribution in [0.25, 0.3) is 0 Å². The van der Waals surface area contributed by atoms with E-state index in [-0.39, 0.29) is 5.82 Å². The fourth-order valence-electron chi connectivity index (χ4n) is 3.15. The molecule has 0 bridgehead atoms. The fraction of sp³-hybridized carbons (Fsp3) is 0.588. The average Bonchev–Trinajstić information content (AvgIpc) is 2.38. The van der Waals surface area contributed by atoms with Crippen LogP contribution in [0.15, 0.2) is 18.2 Å². The van der Waals surface area contributed by atoms with Gasteiger partial charge >= 0.3 is 0 Å². The van der Waals surface area contributed by atoms with Gasteiger partial charge in [0.15, 0.2) is 0 Å². The Labute approximate surface area is 121 Å². The minimum absolute atomic E-state index is 0.253. The Morgan fingerprint density at radius 1 is 1.30 bits per heavy atom. The van der Waals surface area contributed by atoms with Gasteiger partial charge in [-0.3, -0.25) is 0 Å². The minimum atomic E-state index is -0.536. The Bertz CT molecular complexity index is 488. The molecular weight excluding hydrogens is 251 g/mol. The summed E-state index contributed by atoms with van der Waals surface area (Å²) in [6, 6.07) is 7.30. The van der Waals surface area contributed by atoms with Gasteiger partial charge in [-0.15, -0.1) is 0 Å². The highest BCUT2D eigenvalue weighted by Crippen LogP contribution is 2.37. The van der Waals surface area contributed by atoms with Gasteiger partial charge in [0.05, 0.1) is 6.07 Å². The normalized spacial score (nSPS) is 26.3. The Balaban J connectivity index is 2.12. The maximum absolute atomic E-state index is 13.5. The van der Waals surface area contributed by atoms with Crippen molar-refractivity contribution in [2.24, 2.45) is 11.8 Å². The van der Waals surface area contributed by atoms with Gasteiger partial charge in [0.25, 0.3) is 0 Å². The van der Waals surface area contributed by atoms with Crippen molar-refractivity contribution in [1.82, 2.24) is 0 Å². The second-order valence-electron chi connectivity index (χ2n) is 6.42. The summed E-state index contributed by atoms with van der Waals surface area (Å²) in [5.74, 6) is 1.12. The van der Waals surface area contributed by atoms with Crippen LogP contribution < -0.4 is 5.32 Å². The smallest absolute Gasteiger partial charge is 0.125 e. The van der Waals surface area contributed by atoms with Crippen LogP contribution in [0.4, 0.5) is 10.1 Å². The summed E-state index contributed by atoms with van der Waals surface area (Å²) < 4.78 is 13.5. The third-order valence-electron chi connectivity index (χ3n) is 4.47. The molecule has 1 aliphatic carbocycles. The topological polar surface area (TPSA) is 35.8 Å². The highest BCUT2D eigenvalue weighted by atomic mass is 19.1. The lowest BCUT2D eigenvalue weighted by Crippen LogP contribution is -2.41. The Morgan fingerprint density at radius 2 is 1.95 bits per heavy atom. The molecule has 1 saturated carbocycles. The average molecular weight is 274 g/mol. The van der Waals surface area contributed by atoms with Crippen LogP contribution in [-0.2, 0) is 0 Å². The van der Waals surface area contributed by atoms with Crippen molar-refractivity contribution in [3.05, 3.63) is 29.6 Å². The standard InChI is InChI=1S/C17H23FN2/c1-12(2)14-4-6-17(11-19,7-5-14)20-16-9-13(3)8-15(18)10-16/h8-10,12,14,20H,4-7H2,1-3H3. The van der Waals surface area contributed by atoms with Crippen LogP contribution >= 0.6 is 0 Å². The molecule has 2 nitrogen and oxygen atoms in total. The maximum atomic E-state index is 13.5. The summed E-state index contributed by atoms with van der Waals surface area (Å²) in [7, 11) is 0. The lowest BCUT2D eigenvalue weighted by Gasteiger charge is -2.37. The molecule has 0 spiro atoms. The summed E-state index contributed by atoms with van der Waals surface area (Å²) in [6.45, 7) is 6.35. The second-order valence-corrected chi connectivity index (χ2v) is 6.42. The highest BCUT2D eigenvalue weighted by Gasteiger charge is 2.36. The first-order chi connectivity index (χ1) is 9.44. The zero-order valence-electron chi connectivity index (χ0n) is 12.5. The minimum Gasteiger partial charge on any atom is -0.367 e. The van der Waals surface area contributed by atoms with E-state index in [9.17, 15) is 9.65 Å². The first kappa shape index (κ1) is 14.8. The van der Waals surface area contributed by atoms with Crippen molar-refractivity contribution >= 4 is 5.69 Å². The van der Waals surface area contributed by atoms with E-state index in [1.165, 1.54) is 12.1 Å². The molecule has 1 aliphatic rings. The van der Waals surface area contributed by atoms with Gasteiger partial charge in [-0.2, -0.15) is 5.26 Å². The molecule has 0 heterocycles. The lowest BCUT2D eigenvalue weighted by atomic mass is 9.73. The van der Waals surface area contributed by atoms with Crippen molar-refractivity contribution in [3.8, 4) is 6.07 Å². The maximum Gasteiger partial charge on any atom is 0.125 e. The van der Waals surface area contributed by atoms with E-state index in [0.29, 0.717) is 17.5 Å². The molecule has 0 aromatic heterocycles. The van der Waals surface area contributed by atoms with Crippen molar-refractivity contribution in [3.63, 3.8) is 0 Å². The molecule has 0 unspecified atom stereocenters. The summed E-state index contributed by atoms with van der Waals surface area (Å²) in [5, 5.41) is 12.8. The monoisotopic (exact) mass is 274 g/mol. The van der Waals surface area contributed by atoms with Gasteiger partial charge in [0.1, 0.15) is 11.4 Å². The van der Waals surface area contributed by atoms with E-state index >= 15 is 0 Å². The molecule has 1 aromatic carbocycles. The third kappa shape index (κ3) is 3.30. The van der Waals surface area contributed by atoms with Gasteiger partial charge in [-0.05, 0) is 68.2 Å². The Morgan fingerprint density at radius 3 is 2.45 bits per heavy atom. The quantitative estimate of drug-likeness (QED) is 0.870. The van der Waals surface area contributed by atoms with E-state index in [1.54, 1.807) is 0 Å². The number of nitrogens with one attached hydrogen (secondary N) is 1. The van der Waals surface area contributed by atoms with E-state index in [0.717, 1.165) is 31.2 Å². The molecule has 1 N–H and O–H groups in total. The molecule has 2 rings (SSSR count). The fourth-order valence-corrected chi connectivity index (χ4v) is 3.15. The molecule has 0 aliphatic heterocycles. The van der Waals surface area contributed by atoms with Crippen LogP contribution in [0.1, 0.15) is 45.1 Å². The molecular formula is C17H23FN2. The van der Waals surface area contributed by atoms with Crippen molar-refractivity contribution in [2.75, 3.05) is 5.32 Å². The number of nitrogens with zero attached hydrogens (tertiary/aromatic N) is 1. The van der Waals surface area contributed by atoms with Gasteiger partial charge < -0.3 is 5.32 Å². The Hall–Kier alpha value is -1.56. The first-order valence-electron chi connectivity index (χ1n) is 7.41. The zero-order chi connectivity index (χ0) is 14.8. The summed E-state index contributed by atoms with van der Waals surface area (Å²) in [6.07, 6.45) is 3.79. The predicted octanol–water partition coefficient (Wildman–Crippen LogP) is 4.65. The highest BCUT2D eigenvalue weighted by molar-refractivity contribution is 5.50. The number of aryl methyl sites for hydroxylation is 1. The number of anilines is 1. The number of nitriles is 1. The molecule has 0 amide bonds. The first-order valence-corrected chi connectivity index (χ1v) is 7.41. The number of hydrogen-bond acceptors (Lipinski definition) is 2. The summed E-state index contributed by atoms with van der Waals surface area (Å²) in [5.41, 5.74) is 1.05. The molecule has 108 valence electrons. The van der Waals surface area contributed by atoms with E-state index < -0.39 is 5.54 Å².